The molecule has 3 aromatic carbocycles. The van der Waals surface area contributed by atoms with Crippen molar-refractivity contribution in [2.24, 2.45) is 0 Å². The lowest BCUT2D eigenvalue weighted by molar-refractivity contribution is 0.304. The number of nitrogens with zero attached hydrogens (tertiary/aromatic N) is 4. The smallest absolute Gasteiger partial charge is 0.258 e. The number of ether oxygens (including phenoxy) is 2. The van der Waals surface area contributed by atoms with Crippen molar-refractivity contribution in [2.45, 2.75) is 142 Å². The van der Waals surface area contributed by atoms with E-state index in [1.165, 1.54) is 116 Å². The number of benzene rings is 3. The largest absolute Gasteiger partial charge is 0.494 e. The first kappa shape index (κ1) is 42.4. The summed E-state index contributed by atoms with van der Waals surface area (Å²) >= 11 is 2.27. The lowest BCUT2D eigenvalue weighted by atomic mass is 10.1. The summed E-state index contributed by atoms with van der Waals surface area (Å²) in [5, 5.41) is 8.53. The maximum Gasteiger partial charge on any atom is 0.258 e. The van der Waals surface area contributed by atoms with E-state index in [1.54, 1.807) is 0 Å². The molecule has 296 valence electrons. The zero-order valence-electron chi connectivity index (χ0n) is 33.2. The van der Waals surface area contributed by atoms with Gasteiger partial charge in [0.2, 0.25) is 11.6 Å². The van der Waals surface area contributed by atoms with Crippen LogP contribution in [0.3, 0.4) is 0 Å². The summed E-state index contributed by atoms with van der Waals surface area (Å²) in [4.78, 5) is 9.41. The summed E-state index contributed by atoms with van der Waals surface area (Å²) in [5.74, 6) is 3.59. The molecule has 0 aliphatic rings. The molecule has 0 N–H and O–H groups in total. The first-order valence-corrected chi connectivity index (χ1v) is 22.2. The molecule has 0 saturated carbocycles. The zero-order chi connectivity index (χ0) is 38.3. The molecule has 9 heteroatoms. The molecule has 0 unspecified atom stereocenters. The van der Waals surface area contributed by atoms with Gasteiger partial charge in [-0.3, -0.25) is 0 Å². The van der Waals surface area contributed by atoms with Crippen LogP contribution in [0.5, 0.6) is 11.5 Å². The second-order valence-electron chi connectivity index (χ2n) is 14.7. The van der Waals surface area contributed by atoms with Crippen LogP contribution in [0.4, 0.5) is 0 Å². The van der Waals surface area contributed by atoms with Crippen LogP contribution in [0.25, 0.3) is 45.7 Å². The van der Waals surface area contributed by atoms with Crippen LogP contribution in [0, 0.1) is 3.57 Å². The highest BCUT2D eigenvalue weighted by Gasteiger charge is 2.17. The van der Waals surface area contributed by atoms with Gasteiger partial charge in [0.15, 0.2) is 0 Å². The average molecular weight is 861 g/mol. The highest BCUT2D eigenvalue weighted by Crippen LogP contribution is 2.31. The lowest BCUT2D eigenvalue weighted by Gasteiger charge is -2.06. The number of halogens is 1. The number of rotatable bonds is 28. The third-order valence-electron chi connectivity index (χ3n) is 10.0. The summed E-state index contributed by atoms with van der Waals surface area (Å²) in [6, 6.07) is 21.7. The molecule has 0 saturated heterocycles. The van der Waals surface area contributed by atoms with Gasteiger partial charge < -0.3 is 18.5 Å². The molecule has 55 heavy (non-hydrogen) atoms. The predicted molar refractivity (Wildman–Crippen MR) is 231 cm³/mol. The quantitative estimate of drug-likeness (QED) is 0.0362. The molecule has 0 bridgehead atoms. The van der Waals surface area contributed by atoms with Crippen molar-refractivity contribution >= 4 is 22.6 Å². The third-order valence-corrected chi connectivity index (χ3v) is 10.6. The van der Waals surface area contributed by atoms with Crippen LogP contribution in [0.1, 0.15) is 142 Å². The third kappa shape index (κ3) is 15.0. The molecular weight excluding hydrogens is 799 g/mol. The fraction of sp³-hybridized carbons (Fsp3) is 0.522. The predicted octanol–water partition coefficient (Wildman–Crippen LogP) is 14.3. The maximum atomic E-state index is 6.00. The highest BCUT2D eigenvalue weighted by atomic mass is 127. The van der Waals surface area contributed by atoms with Gasteiger partial charge >= 0.3 is 0 Å². The van der Waals surface area contributed by atoms with Crippen molar-refractivity contribution < 1.29 is 18.5 Å². The molecule has 0 fully saturated rings. The van der Waals surface area contributed by atoms with Crippen LogP contribution < -0.4 is 9.47 Å². The van der Waals surface area contributed by atoms with Crippen LogP contribution in [0.15, 0.2) is 75.8 Å². The monoisotopic (exact) mass is 860 g/mol. The Hall–Kier alpha value is -3.73. The Morgan fingerprint density at radius 2 is 0.782 bits per heavy atom. The fourth-order valence-electron chi connectivity index (χ4n) is 6.71. The second-order valence-corrected chi connectivity index (χ2v) is 15.9. The fourth-order valence-corrected chi connectivity index (χ4v) is 7.38. The summed E-state index contributed by atoms with van der Waals surface area (Å²) in [6.45, 7) is 6.01. The van der Waals surface area contributed by atoms with Crippen molar-refractivity contribution in [1.29, 1.82) is 0 Å². The summed E-state index contributed by atoms with van der Waals surface area (Å²) in [6.07, 6.45) is 26.3. The number of hydrogen-bond donors (Lipinski definition) is 0. The van der Waals surface area contributed by atoms with Crippen molar-refractivity contribution in [3.63, 3.8) is 0 Å². The van der Waals surface area contributed by atoms with E-state index in [0.29, 0.717) is 23.4 Å². The minimum absolute atomic E-state index is 0.421. The van der Waals surface area contributed by atoms with Crippen LogP contribution >= 0.6 is 22.6 Å². The Morgan fingerprint density at radius 3 is 1.15 bits per heavy atom. The molecule has 8 nitrogen and oxygen atoms in total. The number of unbranched alkanes of at least 4 members (excludes halogenated alkanes) is 18. The average Bonchev–Trinajstić information content (AvgIpc) is 3.91. The molecule has 0 aliphatic carbocycles. The van der Waals surface area contributed by atoms with E-state index in [0.717, 1.165) is 63.4 Å². The van der Waals surface area contributed by atoms with Crippen LogP contribution in [0.2, 0.25) is 0 Å². The van der Waals surface area contributed by atoms with Crippen molar-refractivity contribution in [1.82, 2.24) is 20.3 Å². The molecule has 5 rings (SSSR count). The van der Waals surface area contributed by atoms with Gasteiger partial charge in [0, 0.05) is 25.8 Å². The molecule has 2 aromatic heterocycles. The molecule has 0 radical (unpaired) electrons. The Kier molecular flexibility index (Phi) is 19.1. The summed E-state index contributed by atoms with van der Waals surface area (Å²) < 4.78 is 24.4. The second kappa shape index (κ2) is 24.7. The molecule has 0 spiro atoms. The molecule has 5 aromatic rings. The van der Waals surface area contributed by atoms with Gasteiger partial charge in [0.05, 0.1) is 13.2 Å². The Morgan fingerprint density at radius 1 is 0.436 bits per heavy atom. The van der Waals surface area contributed by atoms with E-state index in [1.807, 2.05) is 66.7 Å². The zero-order valence-corrected chi connectivity index (χ0v) is 35.4. The SMILES string of the molecule is CCCCCCCCCCCCOc1ccc(-c2noc(-c3cc(I)cc(-c4nc(-c5ccc(OCCCCCCCCCCCC)cc5)no4)c3)n2)cc1. The lowest BCUT2D eigenvalue weighted by Crippen LogP contribution is -1.97. The van der Waals surface area contributed by atoms with E-state index in [9.17, 15) is 0 Å². The van der Waals surface area contributed by atoms with Gasteiger partial charge in [0.25, 0.3) is 11.8 Å². The Bertz CT molecular complexity index is 1640. The van der Waals surface area contributed by atoms with Gasteiger partial charge in [-0.2, -0.15) is 9.97 Å². The van der Waals surface area contributed by atoms with Crippen LogP contribution in [-0.2, 0) is 0 Å². The standard InChI is InChI=1S/C46H61IN4O4/c1-3-5-7-9-11-13-15-17-19-21-31-52-41-27-23-36(24-28-41)43-48-45(54-50-43)38-33-39(35-40(47)34-38)46-49-44(51-55-46)37-25-29-42(30-26-37)53-32-22-20-18-16-14-12-10-8-6-4-2/h23-30,33-35H,3-22,31-32H2,1-2H3. The summed E-state index contributed by atoms with van der Waals surface area (Å²) in [5.41, 5.74) is 3.29. The van der Waals surface area contributed by atoms with Gasteiger partial charge in [-0.1, -0.05) is 140 Å². The van der Waals surface area contributed by atoms with Crippen LogP contribution in [-0.4, -0.2) is 33.5 Å². The van der Waals surface area contributed by atoms with Gasteiger partial charge in [-0.15, -0.1) is 0 Å². The molecule has 0 aliphatic heterocycles. The minimum atomic E-state index is 0.421. The minimum Gasteiger partial charge on any atom is -0.494 e. The molecule has 2 heterocycles. The van der Waals surface area contributed by atoms with Crippen molar-refractivity contribution in [3.05, 3.63) is 70.3 Å². The first-order chi connectivity index (χ1) is 27.1. The van der Waals surface area contributed by atoms with E-state index >= 15 is 0 Å². The van der Waals surface area contributed by atoms with E-state index in [4.69, 9.17) is 28.5 Å². The Balaban J connectivity index is 1.05. The van der Waals surface area contributed by atoms with Gasteiger partial charge in [-0.05, 0) is 102 Å². The van der Waals surface area contributed by atoms with E-state index < -0.39 is 0 Å². The van der Waals surface area contributed by atoms with Gasteiger partial charge in [-0.25, -0.2) is 0 Å². The molecule has 0 amide bonds. The molecular formula is C46H61IN4O4. The Labute approximate surface area is 342 Å². The highest BCUT2D eigenvalue weighted by molar-refractivity contribution is 14.1. The summed E-state index contributed by atoms with van der Waals surface area (Å²) in [7, 11) is 0. The maximum absolute atomic E-state index is 6.00. The normalized spacial score (nSPS) is 11.3. The number of hydrogen-bond acceptors (Lipinski definition) is 8. The number of aromatic nitrogens is 4. The first-order valence-electron chi connectivity index (χ1n) is 21.1. The topological polar surface area (TPSA) is 96.3 Å². The van der Waals surface area contributed by atoms with Crippen molar-refractivity contribution in [2.75, 3.05) is 13.2 Å². The van der Waals surface area contributed by atoms with E-state index in [-0.39, 0.29) is 0 Å². The van der Waals surface area contributed by atoms with Gasteiger partial charge in [0.1, 0.15) is 11.5 Å². The molecule has 0 atom stereocenters. The van der Waals surface area contributed by atoms with Crippen molar-refractivity contribution in [3.8, 4) is 57.2 Å². The van der Waals surface area contributed by atoms with E-state index in [2.05, 4.69) is 46.8 Å².